The number of aryl methyl sites for hydroxylation is 1. The molecule has 0 amide bonds. The van der Waals surface area contributed by atoms with Gasteiger partial charge in [0.2, 0.25) is 0 Å². The van der Waals surface area contributed by atoms with Gasteiger partial charge in [-0.05, 0) is 48.4 Å². The van der Waals surface area contributed by atoms with E-state index in [4.69, 9.17) is 4.52 Å². The molecule has 29 heavy (non-hydrogen) atoms. The highest BCUT2D eigenvalue weighted by Crippen LogP contribution is 2.43. The molecule has 0 bridgehead atoms. The second-order valence-corrected chi connectivity index (χ2v) is 8.81. The average Bonchev–Trinajstić information content (AvgIpc) is 2.69. The lowest BCUT2D eigenvalue weighted by Crippen LogP contribution is -2.02. The summed E-state index contributed by atoms with van der Waals surface area (Å²) in [5.41, 5.74) is 4.30. The molecule has 2 aromatic carbocycles. The SMILES string of the molecule is CCCCCCCCc1c(OP(=O)(O)O)ccc(CCCC)c1-c1ccccc1. The monoisotopic (exact) mass is 418 g/mol. The van der Waals surface area contributed by atoms with E-state index in [1.807, 2.05) is 24.3 Å². The van der Waals surface area contributed by atoms with Crippen LogP contribution in [0.5, 0.6) is 5.75 Å². The van der Waals surface area contributed by atoms with Crippen molar-refractivity contribution in [2.24, 2.45) is 0 Å². The molecule has 2 aromatic rings. The van der Waals surface area contributed by atoms with Crippen molar-refractivity contribution >= 4 is 7.82 Å². The smallest absolute Gasteiger partial charge is 0.404 e. The third kappa shape index (κ3) is 7.97. The standard InChI is InChI=1S/C24H35O4P/c1-3-5-7-8-9-13-17-22-23(28-29(25,26)27)19-18-21(14-6-4-2)24(22)20-15-11-10-12-16-20/h10-12,15-16,18-19H,3-9,13-14,17H2,1-2H3,(H2,25,26,27). The molecule has 0 atom stereocenters. The van der Waals surface area contributed by atoms with Crippen molar-refractivity contribution in [1.82, 2.24) is 0 Å². The summed E-state index contributed by atoms with van der Waals surface area (Å²) < 4.78 is 16.7. The lowest BCUT2D eigenvalue weighted by atomic mass is 9.88. The van der Waals surface area contributed by atoms with Crippen LogP contribution in [-0.4, -0.2) is 9.79 Å². The molecule has 0 heterocycles. The predicted octanol–water partition coefficient (Wildman–Crippen LogP) is 7.07. The zero-order valence-electron chi connectivity index (χ0n) is 17.8. The largest absolute Gasteiger partial charge is 0.524 e. The second kappa shape index (κ2) is 12.2. The lowest BCUT2D eigenvalue weighted by Gasteiger charge is -2.20. The molecular weight excluding hydrogens is 383 g/mol. The molecular formula is C24H35O4P. The van der Waals surface area contributed by atoms with Crippen LogP contribution < -0.4 is 4.52 Å². The summed E-state index contributed by atoms with van der Waals surface area (Å²) >= 11 is 0. The first-order chi connectivity index (χ1) is 14.0. The van der Waals surface area contributed by atoms with Crippen LogP contribution in [0.2, 0.25) is 0 Å². The highest BCUT2D eigenvalue weighted by atomic mass is 31.2. The summed E-state index contributed by atoms with van der Waals surface area (Å²) in [6.07, 6.45) is 10.9. The van der Waals surface area contributed by atoms with Gasteiger partial charge >= 0.3 is 7.82 Å². The first-order valence-corrected chi connectivity index (χ1v) is 12.4. The van der Waals surface area contributed by atoms with E-state index in [2.05, 4.69) is 26.0 Å². The van der Waals surface area contributed by atoms with Crippen molar-refractivity contribution in [2.45, 2.75) is 78.1 Å². The Morgan fingerprint density at radius 3 is 2.10 bits per heavy atom. The molecule has 0 spiro atoms. The zero-order chi connectivity index (χ0) is 21.1. The third-order valence-corrected chi connectivity index (χ3v) is 5.65. The van der Waals surface area contributed by atoms with Crippen LogP contribution >= 0.6 is 7.82 Å². The number of unbranched alkanes of at least 4 members (excludes halogenated alkanes) is 6. The number of hydrogen-bond acceptors (Lipinski definition) is 2. The first-order valence-electron chi connectivity index (χ1n) is 10.9. The maximum Gasteiger partial charge on any atom is 0.524 e. The van der Waals surface area contributed by atoms with Crippen LogP contribution in [0.25, 0.3) is 11.1 Å². The second-order valence-electron chi connectivity index (χ2n) is 7.65. The molecule has 0 aliphatic carbocycles. The van der Waals surface area contributed by atoms with E-state index in [9.17, 15) is 14.4 Å². The fourth-order valence-electron chi connectivity index (χ4n) is 3.76. The summed E-state index contributed by atoms with van der Waals surface area (Å²) in [5.74, 6) is 0.311. The summed E-state index contributed by atoms with van der Waals surface area (Å²) in [7, 11) is -4.62. The summed E-state index contributed by atoms with van der Waals surface area (Å²) in [6, 6.07) is 13.8. The normalized spacial score (nSPS) is 11.6. The van der Waals surface area contributed by atoms with Crippen molar-refractivity contribution < 1.29 is 18.9 Å². The topological polar surface area (TPSA) is 66.8 Å². The minimum absolute atomic E-state index is 0.311. The highest BCUT2D eigenvalue weighted by molar-refractivity contribution is 7.46. The summed E-state index contributed by atoms with van der Waals surface area (Å²) in [5, 5.41) is 0. The van der Waals surface area contributed by atoms with Gasteiger partial charge in [-0.15, -0.1) is 0 Å². The summed E-state index contributed by atoms with van der Waals surface area (Å²) in [4.78, 5) is 18.9. The molecule has 2 N–H and O–H groups in total. The molecule has 0 aromatic heterocycles. The third-order valence-electron chi connectivity index (χ3n) is 5.22. The number of phosphoric acid groups is 1. The Kier molecular flexibility index (Phi) is 9.93. The molecule has 0 saturated heterocycles. The van der Waals surface area contributed by atoms with Gasteiger partial charge in [0, 0.05) is 5.56 Å². The maximum atomic E-state index is 11.6. The van der Waals surface area contributed by atoms with E-state index >= 15 is 0 Å². The van der Waals surface area contributed by atoms with Crippen molar-refractivity contribution in [3.8, 4) is 16.9 Å². The Morgan fingerprint density at radius 1 is 0.793 bits per heavy atom. The molecule has 0 saturated carbocycles. The Balaban J connectivity index is 2.40. The predicted molar refractivity (Wildman–Crippen MR) is 120 cm³/mol. The van der Waals surface area contributed by atoms with Crippen molar-refractivity contribution in [3.05, 3.63) is 53.6 Å². The van der Waals surface area contributed by atoms with Gasteiger partial charge in [0.1, 0.15) is 5.75 Å². The number of rotatable bonds is 13. The maximum absolute atomic E-state index is 11.6. The molecule has 4 nitrogen and oxygen atoms in total. The fraction of sp³-hybridized carbons (Fsp3) is 0.500. The number of hydrogen-bond donors (Lipinski definition) is 2. The molecule has 2 rings (SSSR count). The molecule has 0 fully saturated rings. The molecule has 160 valence electrons. The molecule has 0 aliphatic heterocycles. The van der Waals surface area contributed by atoms with Gasteiger partial charge in [-0.2, -0.15) is 0 Å². The van der Waals surface area contributed by atoms with Crippen molar-refractivity contribution in [2.75, 3.05) is 0 Å². The van der Waals surface area contributed by atoms with Gasteiger partial charge in [-0.1, -0.05) is 88.8 Å². The molecule has 5 heteroatoms. The van der Waals surface area contributed by atoms with E-state index in [0.29, 0.717) is 5.75 Å². The van der Waals surface area contributed by atoms with E-state index in [1.165, 1.54) is 31.2 Å². The van der Waals surface area contributed by atoms with Crippen LogP contribution in [0.3, 0.4) is 0 Å². The van der Waals surface area contributed by atoms with E-state index in [0.717, 1.165) is 55.2 Å². The van der Waals surface area contributed by atoms with Crippen LogP contribution in [0.1, 0.15) is 76.3 Å². The fourth-order valence-corrected chi connectivity index (χ4v) is 4.19. The molecule has 0 radical (unpaired) electrons. The van der Waals surface area contributed by atoms with Gasteiger partial charge in [0.25, 0.3) is 0 Å². The van der Waals surface area contributed by atoms with Gasteiger partial charge in [0.15, 0.2) is 0 Å². The Bertz CT molecular complexity index is 783. The number of benzene rings is 2. The minimum atomic E-state index is -4.62. The van der Waals surface area contributed by atoms with Gasteiger partial charge in [-0.3, -0.25) is 9.79 Å². The van der Waals surface area contributed by atoms with E-state index in [-0.39, 0.29) is 0 Å². The Hall–Kier alpha value is -1.61. The van der Waals surface area contributed by atoms with Crippen LogP contribution in [0.4, 0.5) is 0 Å². The zero-order valence-corrected chi connectivity index (χ0v) is 18.7. The van der Waals surface area contributed by atoms with Gasteiger partial charge in [-0.25, -0.2) is 4.57 Å². The minimum Gasteiger partial charge on any atom is -0.404 e. The van der Waals surface area contributed by atoms with Crippen molar-refractivity contribution in [1.29, 1.82) is 0 Å². The van der Waals surface area contributed by atoms with Crippen LogP contribution in [-0.2, 0) is 17.4 Å². The Morgan fingerprint density at radius 2 is 1.45 bits per heavy atom. The number of phosphoric ester groups is 1. The molecule has 0 aliphatic rings. The van der Waals surface area contributed by atoms with Crippen LogP contribution in [0.15, 0.2) is 42.5 Å². The summed E-state index contributed by atoms with van der Waals surface area (Å²) in [6.45, 7) is 4.38. The quantitative estimate of drug-likeness (QED) is 0.270. The van der Waals surface area contributed by atoms with Crippen LogP contribution in [0, 0.1) is 0 Å². The van der Waals surface area contributed by atoms with Gasteiger partial charge < -0.3 is 4.52 Å². The Labute approximate surface area is 175 Å². The van der Waals surface area contributed by atoms with E-state index < -0.39 is 7.82 Å². The molecule has 0 unspecified atom stereocenters. The highest BCUT2D eigenvalue weighted by Gasteiger charge is 2.22. The van der Waals surface area contributed by atoms with E-state index in [1.54, 1.807) is 6.07 Å². The lowest BCUT2D eigenvalue weighted by molar-refractivity contribution is 0.282. The first kappa shape index (κ1) is 23.7. The van der Waals surface area contributed by atoms with Crippen molar-refractivity contribution in [3.63, 3.8) is 0 Å². The van der Waals surface area contributed by atoms with Gasteiger partial charge in [0.05, 0.1) is 0 Å². The average molecular weight is 419 g/mol.